The number of aromatic nitrogens is 2. The number of amides is 1. The van der Waals surface area contributed by atoms with E-state index in [0.717, 1.165) is 38.9 Å². The standard InChI is InChI=1S/C14H19N5O2/c15-6-5-14(3-1-13(2-4-14)8-21-9-13)19-7-10(12(17)20)11(16)18-19/h7H,1-5,8-9H2,(H2,16,18)(H2,17,20). The van der Waals surface area contributed by atoms with E-state index >= 15 is 0 Å². The highest BCUT2D eigenvalue weighted by Crippen LogP contribution is 2.49. The maximum atomic E-state index is 11.3. The van der Waals surface area contributed by atoms with E-state index in [1.165, 1.54) is 0 Å². The SMILES string of the molecule is N#CCC1(n2cc(C(N)=O)c(N)n2)CCC2(CC1)COC2. The number of hydrogen-bond acceptors (Lipinski definition) is 5. The summed E-state index contributed by atoms with van der Waals surface area (Å²) in [5.74, 6) is -0.461. The summed E-state index contributed by atoms with van der Waals surface area (Å²) in [6.07, 6.45) is 5.61. The first kappa shape index (κ1) is 13.9. The average Bonchev–Trinajstić information content (AvgIpc) is 2.81. The fourth-order valence-electron chi connectivity index (χ4n) is 3.38. The smallest absolute Gasteiger partial charge is 0.254 e. The van der Waals surface area contributed by atoms with E-state index in [2.05, 4.69) is 11.2 Å². The zero-order valence-electron chi connectivity index (χ0n) is 11.8. The Bertz CT molecular complexity index is 601. The summed E-state index contributed by atoms with van der Waals surface area (Å²) in [6, 6.07) is 2.25. The molecule has 1 aromatic heterocycles. The molecule has 0 aromatic carbocycles. The van der Waals surface area contributed by atoms with Crippen molar-refractivity contribution in [2.24, 2.45) is 11.1 Å². The van der Waals surface area contributed by atoms with E-state index in [0.29, 0.717) is 6.42 Å². The second-order valence-electron chi connectivity index (χ2n) is 6.29. The molecule has 1 aliphatic carbocycles. The Morgan fingerprint density at radius 3 is 2.52 bits per heavy atom. The molecular weight excluding hydrogens is 270 g/mol. The van der Waals surface area contributed by atoms with Crippen molar-refractivity contribution in [3.8, 4) is 6.07 Å². The van der Waals surface area contributed by atoms with Gasteiger partial charge in [-0.3, -0.25) is 9.48 Å². The quantitative estimate of drug-likeness (QED) is 0.851. The van der Waals surface area contributed by atoms with Gasteiger partial charge in [0.05, 0.1) is 31.2 Å². The van der Waals surface area contributed by atoms with Gasteiger partial charge in [-0.05, 0) is 25.7 Å². The minimum Gasteiger partial charge on any atom is -0.382 e. The molecule has 0 unspecified atom stereocenters. The third kappa shape index (κ3) is 2.16. The first-order valence-electron chi connectivity index (χ1n) is 7.10. The van der Waals surface area contributed by atoms with Crippen molar-refractivity contribution in [1.29, 1.82) is 5.26 Å². The predicted molar refractivity (Wildman–Crippen MR) is 75.1 cm³/mol. The van der Waals surface area contributed by atoms with Crippen LogP contribution in [0, 0.1) is 16.7 Å². The number of carbonyl (C=O) groups excluding carboxylic acids is 1. The number of ether oxygens (including phenoxy) is 1. The second kappa shape index (κ2) is 4.74. The summed E-state index contributed by atoms with van der Waals surface area (Å²) in [5, 5.41) is 13.4. The number of nitrogens with zero attached hydrogens (tertiary/aromatic N) is 3. The largest absolute Gasteiger partial charge is 0.382 e. The summed E-state index contributed by atoms with van der Waals surface area (Å²) in [7, 11) is 0. The number of nitrogens with two attached hydrogens (primary N) is 2. The molecule has 4 N–H and O–H groups in total. The van der Waals surface area contributed by atoms with E-state index < -0.39 is 11.4 Å². The number of nitriles is 1. The van der Waals surface area contributed by atoms with Crippen molar-refractivity contribution in [1.82, 2.24) is 9.78 Å². The minimum absolute atomic E-state index is 0.132. The molecule has 2 fully saturated rings. The molecule has 21 heavy (non-hydrogen) atoms. The van der Waals surface area contributed by atoms with Crippen LogP contribution in [0.3, 0.4) is 0 Å². The number of carbonyl (C=O) groups is 1. The van der Waals surface area contributed by atoms with Gasteiger partial charge < -0.3 is 16.2 Å². The van der Waals surface area contributed by atoms with Gasteiger partial charge in [0, 0.05) is 11.6 Å². The van der Waals surface area contributed by atoms with Gasteiger partial charge in [0.25, 0.3) is 5.91 Å². The first-order valence-corrected chi connectivity index (χ1v) is 7.10. The summed E-state index contributed by atoms with van der Waals surface area (Å²) in [6.45, 7) is 1.62. The van der Waals surface area contributed by atoms with E-state index in [-0.39, 0.29) is 16.8 Å². The van der Waals surface area contributed by atoms with Gasteiger partial charge in [0.15, 0.2) is 5.82 Å². The maximum absolute atomic E-state index is 11.3. The van der Waals surface area contributed by atoms with Crippen molar-refractivity contribution in [3.63, 3.8) is 0 Å². The molecule has 0 radical (unpaired) electrons. The monoisotopic (exact) mass is 289 g/mol. The Morgan fingerprint density at radius 2 is 2.10 bits per heavy atom. The van der Waals surface area contributed by atoms with Gasteiger partial charge in [0.2, 0.25) is 0 Å². The zero-order chi connectivity index (χ0) is 15.1. The molecule has 1 spiro atoms. The normalized spacial score (nSPS) is 22.4. The maximum Gasteiger partial charge on any atom is 0.254 e. The lowest BCUT2D eigenvalue weighted by atomic mass is 9.65. The van der Waals surface area contributed by atoms with Crippen molar-refractivity contribution in [2.75, 3.05) is 18.9 Å². The highest BCUT2D eigenvalue weighted by molar-refractivity contribution is 5.96. The van der Waals surface area contributed by atoms with Crippen LogP contribution in [-0.2, 0) is 10.3 Å². The first-order chi connectivity index (χ1) is 10.0. The number of nitrogen functional groups attached to an aromatic ring is 1. The van der Waals surface area contributed by atoms with E-state index in [9.17, 15) is 10.1 Å². The van der Waals surface area contributed by atoms with E-state index in [1.54, 1.807) is 10.9 Å². The molecule has 7 heteroatoms. The Labute approximate surface area is 122 Å². The van der Waals surface area contributed by atoms with Gasteiger partial charge in [0.1, 0.15) is 5.56 Å². The zero-order valence-corrected chi connectivity index (χ0v) is 11.8. The van der Waals surface area contributed by atoms with Crippen LogP contribution in [0.4, 0.5) is 5.82 Å². The van der Waals surface area contributed by atoms with Crippen LogP contribution in [0.15, 0.2) is 6.20 Å². The molecule has 112 valence electrons. The van der Waals surface area contributed by atoms with E-state index in [1.807, 2.05) is 0 Å². The third-order valence-corrected chi connectivity index (χ3v) is 4.96. The van der Waals surface area contributed by atoms with Gasteiger partial charge in [-0.15, -0.1) is 0 Å². The van der Waals surface area contributed by atoms with Crippen molar-refractivity contribution >= 4 is 11.7 Å². The number of hydrogen-bond donors (Lipinski definition) is 2. The van der Waals surface area contributed by atoms with E-state index in [4.69, 9.17) is 16.2 Å². The van der Waals surface area contributed by atoms with Crippen LogP contribution in [-0.4, -0.2) is 28.9 Å². The highest BCUT2D eigenvalue weighted by Gasteiger charge is 2.48. The molecule has 7 nitrogen and oxygen atoms in total. The molecular formula is C14H19N5O2. The lowest BCUT2D eigenvalue weighted by Crippen LogP contribution is -2.50. The molecule has 1 aromatic rings. The van der Waals surface area contributed by atoms with Crippen molar-refractivity contribution in [3.05, 3.63) is 11.8 Å². The number of primary amides is 1. The number of anilines is 1. The van der Waals surface area contributed by atoms with Crippen LogP contribution in [0.25, 0.3) is 0 Å². The molecule has 1 saturated carbocycles. The van der Waals surface area contributed by atoms with Crippen LogP contribution in [0.5, 0.6) is 0 Å². The Kier molecular flexibility index (Phi) is 3.14. The highest BCUT2D eigenvalue weighted by atomic mass is 16.5. The fourth-order valence-corrected chi connectivity index (χ4v) is 3.38. The van der Waals surface area contributed by atoms with Crippen molar-refractivity contribution in [2.45, 2.75) is 37.6 Å². The fraction of sp³-hybridized carbons (Fsp3) is 0.643. The van der Waals surface area contributed by atoms with Crippen molar-refractivity contribution < 1.29 is 9.53 Å². The topological polar surface area (TPSA) is 120 Å². The molecule has 0 atom stereocenters. The molecule has 2 aliphatic rings. The Hall–Kier alpha value is -2.07. The lowest BCUT2D eigenvalue weighted by molar-refractivity contribution is -0.144. The third-order valence-electron chi connectivity index (χ3n) is 4.96. The van der Waals surface area contributed by atoms with Crippen LogP contribution in [0.2, 0.25) is 0 Å². The summed E-state index contributed by atoms with van der Waals surface area (Å²) in [4.78, 5) is 11.3. The summed E-state index contributed by atoms with van der Waals surface area (Å²) < 4.78 is 7.03. The molecule has 1 aliphatic heterocycles. The molecule has 2 heterocycles. The van der Waals surface area contributed by atoms with Crippen LogP contribution >= 0.6 is 0 Å². The summed E-state index contributed by atoms with van der Waals surface area (Å²) in [5.41, 5.74) is 11.2. The average molecular weight is 289 g/mol. The molecule has 0 bridgehead atoms. The minimum atomic E-state index is -0.592. The number of rotatable bonds is 3. The Morgan fingerprint density at radius 1 is 1.43 bits per heavy atom. The van der Waals surface area contributed by atoms with Gasteiger partial charge >= 0.3 is 0 Å². The molecule has 1 amide bonds. The Balaban J connectivity index is 1.89. The summed E-state index contributed by atoms with van der Waals surface area (Å²) >= 11 is 0. The van der Waals surface area contributed by atoms with Crippen LogP contribution < -0.4 is 11.5 Å². The van der Waals surface area contributed by atoms with Crippen LogP contribution in [0.1, 0.15) is 42.5 Å². The van der Waals surface area contributed by atoms with Gasteiger partial charge in [-0.2, -0.15) is 10.4 Å². The predicted octanol–water partition coefficient (Wildman–Crippen LogP) is 0.764. The van der Waals surface area contributed by atoms with Gasteiger partial charge in [-0.1, -0.05) is 0 Å². The second-order valence-corrected chi connectivity index (χ2v) is 6.29. The molecule has 3 rings (SSSR count). The van der Waals surface area contributed by atoms with Gasteiger partial charge in [-0.25, -0.2) is 0 Å². The molecule has 1 saturated heterocycles. The lowest BCUT2D eigenvalue weighted by Gasteiger charge is -2.50.